The topological polar surface area (TPSA) is 66.4 Å². The van der Waals surface area contributed by atoms with Gasteiger partial charge in [0.25, 0.3) is 0 Å². The molecule has 1 fully saturated rings. The van der Waals surface area contributed by atoms with Crippen molar-refractivity contribution >= 4 is 17.6 Å². The third-order valence-electron chi connectivity index (χ3n) is 3.78. The number of benzene rings is 1. The largest absolute Gasteiger partial charge is 0.481 e. The minimum atomic E-state index is -5.03. The maximum atomic E-state index is 12.7. The van der Waals surface area contributed by atoms with E-state index in [2.05, 4.69) is 0 Å². The SMILES string of the molecule is O=C(O)[C@@H]1CC[C@H]1C(=O)Nc1cc(C(F)(F)F)cc(C(F)(F)F)c1. The van der Waals surface area contributed by atoms with Crippen LogP contribution in [0.15, 0.2) is 18.2 Å². The van der Waals surface area contributed by atoms with Crippen molar-refractivity contribution in [2.75, 3.05) is 5.32 Å². The van der Waals surface area contributed by atoms with Gasteiger partial charge in [0.05, 0.1) is 23.0 Å². The molecule has 0 saturated heterocycles. The Labute approximate surface area is 131 Å². The molecule has 0 bridgehead atoms. The molecule has 0 aliphatic heterocycles. The number of anilines is 1. The lowest BCUT2D eigenvalue weighted by atomic mass is 9.73. The van der Waals surface area contributed by atoms with Crippen molar-refractivity contribution in [1.29, 1.82) is 0 Å². The van der Waals surface area contributed by atoms with Crippen molar-refractivity contribution in [3.8, 4) is 0 Å². The summed E-state index contributed by atoms with van der Waals surface area (Å²) in [6.07, 6.45) is -9.63. The van der Waals surface area contributed by atoms with Crippen LogP contribution in [-0.4, -0.2) is 17.0 Å². The fourth-order valence-electron chi connectivity index (χ4n) is 2.37. The third kappa shape index (κ3) is 3.80. The van der Waals surface area contributed by atoms with Gasteiger partial charge in [0.1, 0.15) is 0 Å². The number of carboxylic acid groups (broad SMARTS) is 1. The van der Waals surface area contributed by atoms with Crippen molar-refractivity contribution in [2.45, 2.75) is 25.2 Å². The normalized spacial score (nSPS) is 21.1. The Morgan fingerprint density at radius 3 is 1.71 bits per heavy atom. The van der Waals surface area contributed by atoms with Crippen LogP contribution in [0.25, 0.3) is 0 Å². The van der Waals surface area contributed by atoms with E-state index in [1.54, 1.807) is 0 Å². The van der Waals surface area contributed by atoms with Crippen LogP contribution < -0.4 is 5.32 Å². The molecule has 1 saturated carbocycles. The van der Waals surface area contributed by atoms with Gasteiger partial charge in [0.15, 0.2) is 0 Å². The lowest BCUT2D eigenvalue weighted by molar-refractivity contribution is -0.151. The number of alkyl halides is 6. The van der Waals surface area contributed by atoms with Crippen molar-refractivity contribution < 1.29 is 41.0 Å². The standard InChI is InChI=1S/C14H11F6NO3/c15-13(16,17)6-3-7(14(18,19)20)5-8(4-6)21-11(22)9-1-2-10(9)12(23)24/h3-5,9-10H,1-2H2,(H,21,22)(H,23,24)/t9-,10-/m1/s1. The minimum absolute atomic E-state index is 0.0565. The average Bonchev–Trinajstić information content (AvgIpc) is 2.33. The number of amides is 1. The summed E-state index contributed by atoms with van der Waals surface area (Å²) >= 11 is 0. The first-order valence-electron chi connectivity index (χ1n) is 6.72. The number of aliphatic carboxylic acids is 1. The molecule has 1 aromatic rings. The van der Waals surface area contributed by atoms with Gasteiger partial charge in [-0.05, 0) is 31.0 Å². The highest BCUT2D eigenvalue weighted by molar-refractivity contribution is 5.96. The molecule has 2 rings (SSSR count). The summed E-state index contributed by atoms with van der Waals surface area (Å²) in [5.41, 5.74) is -3.80. The number of nitrogens with one attached hydrogen (secondary N) is 1. The van der Waals surface area contributed by atoms with Crippen LogP contribution in [0.3, 0.4) is 0 Å². The molecule has 0 unspecified atom stereocenters. The Morgan fingerprint density at radius 1 is 0.917 bits per heavy atom. The van der Waals surface area contributed by atoms with Gasteiger partial charge < -0.3 is 10.4 Å². The monoisotopic (exact) mass is 355 g/mol. The maximum Gasteiger partial charge on any atom is 0.416 e. The van der Waals surface area contributed by atoms with Crippen LogP contribution in [0.1, 0.15) is 24.0 Å². The van der Waals surface area contributed by atoms with Crippen LogP contribution >= 0.6 is 0 Å². The summed E-state index contributed by atoms with van der Waals surface area (Å²) in [5, 5.41) is 10.8. The Balaban J connectivity index is 2.29. The van der Waals surface area contributed by atoms with Gasteiger partial charge in [-0.1, -0.05) is 0 Å². The second-order valence-corrected chi connectivity index (χ2v) is 5.41. The molecule has 0 spiro atoms. The summed E-state index contributed by atoms with van der Waals surface area (Å²) in [4.78, 5) is 22.7. The molecule has 132 valence electrons. The van der Waals surface area contributed by atoms with Gasteiger partial charge in [-0.25, -0.2) is 0 Å². The van der Waals surface area contributed by atoms with Gasteiger partial charge in [0, 0.05) is 5.69 Å². The summed E-state index contributed by atoms with van der Waals surface area (Å²) in [5.74, 6) is -4.12. The molecular formula is C14H11F6NO3. The molecule has 24 heavy (non-hydrogen) atoms. The predicted octanol–water partition coefficient (Wildman–Crippen LogP) is 3.77. The number of hydrogen-bond acceptors (Lipinski definition) is 2. The first kappa shape index (κ1) is 18.1. The second kappa shape index (κ2) is 5.99. The average molecular weight is 355 g/mol. The van der Waals surface area contributed by atoms with Crippen LogP contribution in [0, 0.1) is 11.8 Å². The van der Waals surface area contributed by atoms with E-state index in [9.17, 15) is 35.9 Å². The molecular weight excluding hydrogens is 344 g/mol. The smallest absolute Gasteiger partial charge is 0.416 e. The zero-order chi connectivity index (χ0) is 18.3. The third-order valence-corrected chi connectivity index (χ3v) is 3.78. The number of rotatable bonds is 3. The molecule has 2 N–H and O–H groups in total. The van der Waals surface area contributed by atoms with Crippen LogP contribution in [-0.2, 0) is 21.9 Å². The van der Waals surface area contributed by atoms with Gasteiger partial charge in [0.2, 0.25) is 5.91 Å². The molecule has 1 aliphatic carbocycles. The Bertz CT molecular complexity index is 635. The Kier molecular flexibility index (Phi) is 4.51. The number of carboxylic acids is 1. The van der Waals surface area contributed by atoms with E-state index in [0.29, 0.717) is 12.1 Å². The lowest BCUT2D eigenvalue weighted by Crippen LogP contribution is -2.41. The second-order valence-electron chi connectivity index (χ2n) is 5.41. The predicted molar refractivity (Wildman–Crippen MR) is 68.9 cm³/mol. The fourth-order valence-corrected chi connectivity index (χ4v) is 2.37. The van der Waals surface area contributed by atoms with E-state index < -0.39 is 52.9 Å². The minimum Gasteiger partial charge on any atom is -0.481 e. The molecule has 1 aliphatic rings. The summed E-state index contributed by atoms with van der Waals surface area (Å²) in [6, 6.07) is 0.697. The zero-order valence-electron chi connectivity index (χ0n) is 11.8. The molecule has 0 heterocycles. The molecule has 1 aromatic carbocycles. The summed E-state index contributed by atoms with van der Waals surface area (Å²) in [7, 11) is 0. The van der Waals surface area contributed by atoms with Crippen LogP contribution in [0.4, 0.5) is 32.0 Å². The van der Waals surface area contributed by atoms with Gasteiger partial charge in [-0.2, -0.15) is 26.3 Å². The van der Waals surface area contributed by atoms with Gasteiger partial charge in [-0.3, -0.25) is 9.59 Å². The van der Waals surface area contributed by atoms with Crippen molar-refractivity contribution in [3.63, 3.8) is 0 Å². The Morgan fingerprint density at radius 2 is 1.38 bits per heavy atom. The fraction of sp³-hybridized carbons (Fsp3) is 0.429. The van der Waals surface area contributed by atoms with Gasteiger partial charge in [-0.15, -0.1) is 0 Å². The molecule has 4 nitrogen and oxygen atoms in total. The molecule has 0 radical (unpaired) electrons. The van der Waals surface area contributed by atoms with E-state index in [1.807, 2.05) is 5.32 Å². The zero-order valence-corrected chi connectivity index (χ0v) is 11.8. The van der Waals surface area contributed by atoms with E-state index in [0.717, 1.165) is 0 Å². The quantitative estimate of drug-likeness (QED) is 0.811. The highest BCUT2D eigenvalue weighted by Crippen LogP contribution is 2.39. The maximum absolute atomic E-state index is 12.7. The van der Waals surface area contributed by atoms with Crippen molar-refractivity contribution in [3.05, 3.63) is 29.3 Å². The first-order chi connectivity index (χ1) is 10.9. The van der Waals surface area contributed by atoms with E-state index in [4.69, 9.17) is 5.11 Å². The number of halogens is 6. The number of carbonyl (C=O) groups excluding carboxylic acids is 1. The summed E-state index contributed by atoms with van der Waals surface area (Å²) in [6.45, 7) is 0. The highest BCUT2D eigenvalue weighted by atomic mass is 19.4. The number of carbonyl (C=O) groups is 2. The van der Waals surface area contributed by atoms with Gasteiger partial charge >= 0.3 is 18.3 Å². The van der Waals surface area contributed by atoms with Crippen LogP contribution in [0.2, 0.25) is 0 Å². The van der Waals surface area contributed by atoms with E-state index in [1.165, 1.54) is 0 Å². The number of hydrogen-bond donors (Lipinski definition) is 2. The lowest BCUT2D eigenvalue weighted by Gasteiger charge is -2.32. The summed E-state index contributed by atoms with van der Waals surface area (Å²) < 4.78 is 76.3. The van der Waals surface area contributed by atoms with E-state index in [-0.39, 0.29) is 18.9 Å². The molecule has 10 heteroatoms. The molecule has 0 aromatic heterocycles. The molecule has 2 atom stereocenters. The Hall–Kier alpha value is -2.26. The highest BCUT2D eigenvalue weighted by Gasteiger charge is 2.42. The van der Waals surface area contributed by atoms with E-state index >= 15 is 0 Å². The first-order valence-corrected chi connectivity index (χ1v) is 6.72. The molecule has 1 amide bonds. The van der Waals surface area contributed by atoms with Crippen LogP contribution in [0.5, 0.6) is 0 Å². The van der Waals surface area contributed by atoms with Crippen molar-refractivity contribution in [2.24, 2.45) is 11.8 Å². The van der Waals surface area contributed by atoms with Crippen molar-refractivity contribution in [1.82, 2.24) is 0 Å².